The third kappa shape index (κ3) is 4.33. The second-order valence-corrected chi connectivity index (χ2v) is 6.45. The zero-order chi connectivity index (χ0) is 16.8. The van der Waals surface area contributed by atoms with Crippen LogP contribution in [0.2, 0.25) is 0 Å². The minimum Gasteiger partial charge on any atom is -0.324 e. The van der Waals surface area contributed by atoms with Crippen molar-refractivity contribution in [2.45, 2.75) is 58.5 Å². The van der Waals surface area contributed by atoms with Gasteiger partial charge in [0.25, 0.3) is 0 Å². The Morgan fingerprint density at radius 2 is 1.96 bits per heavy atom. The number of aryl methyl sites for hydroxylation is 2. The van der Waals surface area contributed by atoms with E-state index < -0.39 is 0 Å². The molecular formula is C19H31N3O. The number of piperidine rings is 1. The SMILES string of the molecule is CCc1cccc(CC)c1NC(=O)C(C)N1CCCC(NC)C1. The summed E-state index contributed by atoms with van der Waals surface area (Å²) in [6, 6.07) is 6.70. The summed E-state index contributed by atoms with van der Waals surface area (Å²) in [5.74, 6) is 0.109. The number of nitrogens with zero attached hydrogens (tertiary/aromatic N) is 1. The van der Waals surface area contributed by atoms with Crippen molar-refractivity contribution < 1.29 is 4.79 Å². The minimum absolute atomic E-state index is 0.0965. The molecule has 2 atom stereocenters. The van der Waals surface area contributed by atoms with Gasteiger partial charge in [-0.2, -0.15) is 0 Å². The summed E-state index contributed by atoms with van der Waals surface area (Å²) in [4.78, 5) is 15.1. The number of nitrogens with one attached hydrogen (secondary N) is 2. The summed E-state index contributed by atoms with van der Waals surface area (Å²) in [5, 5.41) is 6.55. The van der Waals surface area contributed by atoms with Crippen LogP contribution in [0.3, 0.4) is 0 Å². The van der Waals surface area contributed by atoms with E-state index in [1.54, 1.807) is 0 Å². The van der Waals surface area contributed by atoms with Crippen molar-refractivity contribution in [1.82, 2.24) is 10.2 Å². The van der Waals surface area contributed by atoms with Gasteiger partial charge in [-0.3, -0.25) is 9.69 Å². The summed E-state index contributed by atoms with van der Waals surface area (Å²) in [6.45, 7) is 8.24. The molecule has 4 heteroatoms. The molecule has 0 radical (unpaired) electrons. The molecule has 1 amide bonds. The average molecular weight is 317 g/mol. The van der Waals surface area contributed by atoms with Gasteiger partial charge in [-0.25, -0.2) is 0 Å². The van der Waals surface area contributed by atoms with Crippen LogP contribution in [0.1, 0.15) is 44.7 Å². The van der Waals surface area contributed by atoms with Gasteiger partial charge in [0.05, 0.1) is 6.04 Å². The Bertz CT molecular complexity index is 507. The first-order valence-corrected chi connectivity index (χ1v) is 8.93. The molecule has 1 heterocycles. The number of rotatable bonds is 6. The van der Waals surface area contributed by atoms with Crippen molar-refractivity contribution in [3.8, 4) is 0 Å². The standard InChI is InChI=1S/C19H31N3O/c1-5-15-9-7-10-16(6-2)18(15)21-19(23)14(3)22-12-8-11-17(13-22)20-4/h7,9-10,14,17,20H,5-6,8,11-13H2,1-4H3,(H,21,23). The molecule has 1 aromatic carbocycles. The van der Waals surface area contributed by atoms with Crippen molar-refractivity contribution >= 4 is 11.6 Å². The Morgan fingerprint density at radius 1 is 1.30 bits per heavy atom. The second-order valence-electron chi connectivity index (χ2n) is 6.45. The maximum absolute atomic E-state index is 12.8. The molecule has 4 nitrogen and oxygen atoms in total. The molecule has 1 aliphatic rings. The number of anilines is 1. The van der Waals surface area contributed by atoms with E-state index in [0.29, 0.717) is 6.04 Å². The number of hydrogen-bond donors (Lipinski definition) is 2. The van der Waals surface area contributed by atoms with Gasteiger partial charge in [0.1, 0.15) is 0 Å². The van der Waals surface area contributed by atoms with E-state index in [4.69, 9.17) is 0 Å². The summed E-state index contributed by atoms with van der Waals surface area (Å²) in [7, 11) is 2.00. The normalized spacial score (nSPS) is 20.3. The maximum atomic E-state index is 12.8. The van der Waals surface area contributed by atoms with E-state index in [1.807, 2.05) is 14.0 Å². The fourth-order valence-corrected chi connectivity index (χ4v) is 3.39. The first-order chi connectivity index (χ1) is 11.1. The Labute approximate surface area is 140 Å². The molecule has 1 aromatic rings. The van der Waals surface area contributed by atoms with Crippen molar-refractivity contribution in [3.63, 3.8) is 0 Å². The Kier molecular flexibility index (Phi) is 6.60. The van der Waals surface area contributed by atoms with Crippen LogP contribution < -0.4 is 10.6 Å². The van der Waals surface area contributed by atoms with Gasteiger partial charge in [0, 0.05) is 18.3 Å². The Morgan fingerprint density at radius 3 is 2.52 bits per heavy atom. The van der Waals surface area contributed by atoms with E-state index in [-0.39, 0.29) is 11.9 Å². The number of benzene rings is 1. The molecule has 2 unspecified atom stereocenters. The zero-order valence-corrected chi connectivity index (χ0v) is 15.0. The fraction of sp³-hybridized carbons (Fsp3) is 0.632. The van der Waals surface area contributed by atoms with Crippen LogP contribution in [-0.4, -0.2) is 43.0 Å². The smallest absolute Gasteiger partial charge is 0.241 e. The largest absolute Gasteiger partial charge is 0.324 e. The fourth-order valence-electron chi connectivity index (χ4n) is 3.39. The highest BCUT2D eigenvalue weighted by Gasteiger charge is 2.27. The lowest BCUT2D eigenvalue weighted by molar-refractivity contribution is -0.121. The van der Waals surface area contributed by atoms with E-state index in [9.17, 15) is 4.79 Å². The first-order valence-electron chi connectivity index (χ1n) is 8.93. The quantitative estimate of drug-likeness (QED) is 0.848. The molecule has 0 spiro atoms. The van der Waals surface area contributed by atoms with Gasteiger partial charge in [0.2, 0.25) is 5.91 Å². The lowest BCUT2D eigenvalue weighted by Crippen LogP contribution is -2.51. The number of likely N-dealkylation sites (tertiary alicyclic amines) is 1. The van der Waals surface area contributed by atoms with Crippen LogP contribution in [0.5, 0.6) is 0 Å². The van der Waals surface area contributed by atoms with Gasteiger partial charge >= 0.3 is 0 Å². The van der Waals surface area contributed by atoms with Crippen LogP contribution >= 0.6 is 0 Å². The molecule has 0 aromatic heterocycles. The van der Waals surface area contributed by atoms with Crippen LogP contribution in [-0.2, 0) is 17.6 Å². The molecule has 2 rings (SSSR count). The van der Waals surface area contributed by atoms with Crippen molar-refractivity contribution in [1.29, 1.82) is 0 Å². The molecule has 1 aliphatic heterocycles. The Balaban J connectivity index is 2.09. The van der Waals surface area contributed by atoms with Crippen molar-refractivity contribution in [3.05, 3.63) is 29.3 Å². The number of amides is 1. The Hall–Kier alpha value is -1.39. The van der Waals surface area contributed by atoms with Crippen LogP contribution in [0.15, 0.2) is 18.2 Å². The lowest BCUT2D eigenvalue weighted by atomic mass is 10.0. The third-order valence-corrected chi connectivity index (χ3v) is 5.04. The van der Waals surface area contributed by atoms with Crippen LogP contribution in [0, 0.1) is 0 Å². The molecule has 0 saturated carbocycles. The predicted octanol–water partition coefficient (Wildman–Crippen LogP) is 2.82. The molecule has 0 aliphatic carbocycles. The summed E-state index contributed by atoms with van der Waals surface area (Å²) in [6.07, 6.45) is 4.21. The molecule has 1 fully saturated rings. The highest BCUT2D eigenvalue weighted by Crippen LogP contribution is 2.23. The van der Waals surface area contributed by atoms with Gasteiger partial charge in [-0.05, 0) is 57.3 Å². The third-order valence-electron chi connectivity index (χ3n) is 5.04. The topological polar surface area (TPSA) is 44.4 Å². The predicted molar refractivity (Wildman–Crippen MR) is 96.9 cm³/mol. The van der Waals surface area contributed by atoms with E-state index >= 15 is 0 Å². The van der Waals surface area contributed by atoms with Gasteiger partial charge < -0.3 is 10.6 Å². The minimum atomic E-state index is -0.0965. The van der Waals surface area contributed by atoms with E-state index in [0.717, 1.165) is 38.0 Å². The summed E-state index contributed by atoms with van der Waals surface area (Å²) < 4.78 is 0. The summed E-state index contributed by atoms with van der Waals surface area (Å²) in [5.41, 5.74) is 3.46. The highest BCUT2D eigenvalue weighted by molar-refractivity contribution is 5.96. The number of carbonyl (C=O) groups is 1. The number of para-hydroxylation sites is 1. The zero-order valence-electron chi connectivity index (χ0n) is 15.0. The van der Waals surface area contributed by atoms with E-state index in [2.05, 4.69) is 47.6 Å². The first kappa shape index (κ1) is 18.0. The molecule has 128 valence electrons. The average Bonchev–Trinajstić information content (AvgIpc) is 2.61. The van der Waals surface area contributed by atoms with Crippen molar-refractivity contribution in [2.75, 3.05) is 25.5 Å². The van der Waals surface area contributed by atoms with Gasteiger partial charge in [-0.15, -0.1) is 0 Å². The number of hydrogen-bond acceptors (Lipinski definition) is 3. The van der Waals surface area contributed by atoms with Gasteiger partial charge in [0.15, 0.2) is 0 Å². The van der Waals surface area contributed by atoms with E-state index in [1.165, 1.54) is 17.5 Å². The molecule has 23 heavy (non-hydrogen) atoms. The second kappa shape index (κ2) is 8.46. The van der Waals surface area contributed by atoms with Gasteiger partial charge in [-0.1, -0.05) is 32.0 Å². The van der Waals surface area contributed by atoms with Crippen LogP contribution in [0.25, 0.3) is 0 Å². The van der Waals surface area contributed by atoms with Crippen LogP contribution in [0.4, 0.5) is 5.69 Å². The maximum Gasteiger partial charge on any atom is 0.241 e. The monoisotopic (exact) mass is 317 g/mol. The highest BCUT2D eigenvalue weighted by atomic mass is 16.2. The molecule has 2 N–H and O–H groups in total. The number of carbonyl (C=O) groups excluding carboxylic acids is 1. The summed E-state index contributed by atoms with van der Waals surface area (Å²) >= 11 is 0. The number of likely N-dealkylation sites (N-methyl/N-ethyl adjacent to an activating group) is 1. The van der Waals surface area contributed by atoms with Crippen molar-refractivity contribution in [2.24, 2.45) is 0 Å². The molecule has 1 saturated heterocycles. The molecule has 0 bridgehead atoms. The molecular weight excluding hydrogens is 286 g/mol. The lowest BCUT2D eigenvalue weighted by Gasteiger charge is -2.36.